The Labute approximate surface area is 103 Å². The van der Waals surface area contributed by atoms with Crippen LogP contribution in [-0.4, -0.2) is 19.1 Å². The lowest BCUT2D eigenvalue weighted by Gasteiger charge is -2.21. The van der Waals surface area contributed by atoms with E-state index >= 15 is 0 Å². The van der Waals surface area contributed by atoms with E-state index in [0.29, 0.717) is 5.56 Å². The van der Waals surface area contributed by atoms with E-state index in [2.05, 4.69) is 10.1 Å². The van der Waals surface area contributed by atoms with E-state index in [9.17, 15) is 17.6 Å². The molecule has 1 aromatic rings. The van der Waals surface area contributed by atoms with Crippen molar-refractivity contribution in [3.05, 3.63) is 29.8 Å². The Bertz CT molecular complexity index is 373. The molecule has 0 radical (unpaired) electrons. The quantitative estimate of drug-likeness (QED) is 0.794. The molecule has 0 saturated carbocycles. The predicted octanol–water partition coefficient (Wildman–Crippen LogP) is 3.59. The molecular formula is C12H15F4NO. The van der Waals surface area contributed by atoms with Gasteiger partial charge in [-0.2, -0.15) is 8.78 Å². The van der Waals surface area contributed by atoms with Crippen molar-refractivity contribution >= 4 is 0 Å². The van der Waals surface area contributed by atoms with E-state index in [1.165, 1.54) is 13.0 Å². The molecule has 1 N–H and O–H groups in total. The summed E-state index contributed by atoms with van der Waals surface area (Å²) in [6.07, 6.45) is -2.52. The molecular weight excluding hydrogens is 250 g/mol. The molecule has 0 fully saturated rings. The summed E-state index contributed by atoms with van der Waals surface area (Å²) in [7, 11) is 0. The van der Waals surface area contributed by atoms with Crippen molar-refractivity contribution in [2.45, 2.75) is 39.0 Å². The van der Waals surface area contributed by atoms with Crippen molar-refractivity contribution in [1.82, 2.24) is 5.32 Å². The largest absolute Gasteiger partial charge is 0.434 e. The molecule has 102 valence electrons. The fraction of sp³-hybridized carbons (Fsp3) is 0.500. The maximum atomic E-state index is 12.4. The third-order valence-electron chi connectivity index (χ3n) is 2.49. The van der Waals surface area contributed by atoms with Crippen LogP contribution in [-0.2, 0) is 0 Å². The van der Waals surface area contributed by atoms with Crippen LogP contribution in [0.4, 0.5) is 17.6 Å². The molecule has 2 atom stereocenters. The summed E-state index contributed by atoms with van der Waals surface area (Å²) >= 11 is 0. The van der Waals surface area contributed by atoms with Gasteiger partial charge in [0.05, 0.1) is 6.04 Å². The van der Waals surface area contributed by atoms with Gasteiger partial charge in [-0.3, -0.25) is 0 Å². The van der Waals surface area contributed by atoms with E-state index in [-0.39, 0.29) is 5.75 Å². The lowest BCUT2D eigenvalue weighted by molar-refractivity contribution is -0.0507. The average molecular weight is 265 g/mol. The summed E-state index contributed by atoms with van der Waals surface area (Å²) in [6, 6.07) is 4.59. The Morgan fingerprint density at radius 1 is 1.06 bits per heavy atom. The molecule has 0 aromatic heterocycles. The number of hydrogen-bond acceptors (Lipinski definition) is 2. The van der Waals surface area contributed by atoms with Crippen LogP contribution < -0.4 is 10.1 Å². The molecule has 1 aromatic carbocycles. The molecule has 6 heteroatoms. The standard InChI is InChI=1S/C12H15F4NO/c1-7(17-8(2)11(13)14)9-5-3-4-6-10(9)18-12(15)16/h3-8,11-12,17H,1-2H3. The second-order valence-electron chi connectivity index (χ2n) is 3.93. The molecule has 0 aliphatic rings. The van der Waals surface area contributed by atoms with Crippen LogP contribution in [0.5, 0.6) is 5.75 Å². The Morgan fingerprint density at radius 3 is 2.22 bits per heavy atom. The maximum Gasteiger partial charge on any atom is 0.387 e. The average Bonchev–Trinajstić information content (AvgIpc) is 2.28. The molecule has 0 bridgehead atoms. The van der Waals surface area contributed by atoms with Gasteiger partial charge < -0.3 is 10.1 Å². The van der Waals surface area contributed by atoms with Crippen molar-refractivity contribution in [3.8, 4) is 5.75 Å². The third kappa shape index (κ3) is 4.18. The number of nitrogens with one attached hydrogen (secondary N) is 1. The molecule has 2 nitrogen and oxygen atoms in total. The van der Waals surface area contributed by atoms with Gasteiger partial charge in [-0.25, -0.2) is 8.78 Å². The summed E-state index contributed by atoms with van der Waals surface area (Å²) in [5.41, 5.74) is 0.422. The number of rotatable bonds is 6. The summed E-state index contributed by atoms with van der Waals surface area (Å²) in [5, 5.41) is 2.63. The van der Waals surface area contributed by atoms with E-state index in [1.54, 1.807) is 25.1 Å². The fourth-order valence-electron chi connectivity index (χ4n) is 1.60. The number of alkyl halides is 4. The zero-order valence-corrected chi connectivity index (χ0v) is 10.0. The second kappa shape index (κ2) is 6.58. The summed E-state index contributed by atoms with van der Waals surface area (Å²) < 4.78 is 53.5. The highest BCUT2D eigenvalue weighted by molar-refractivity contribution is 5.35. The minimum atomic E-state index is -2.94. The SMILES string of the molecule is CC(NC(C)C(F)F)c1ccccc1OC(F)F. The number of hydrogen-bond donors (Lipinski definition) is 1. The topological polar surface area (TPSA) is 21.3 Å². The van der Waals surface area contributed by atoms with Crippen LogP contribution >= 0.6 is 0 Å². The van der Waals surface area contributed by atoms with E-state index < -0.39 is 25.1 Å². The van der Waals surface area contributed by atoms with Gasteiger partial charge in [0.15, 0.2) is 0 Å². The van der Waals surface area contributed by atoms with Crippen LogP contribution in [0.1, 0.15) is 25.5 Å². The molecule has 0 spiro atoms. The first kappa shape index (κ1) is 14.8. The summed E-state index contributed by atoms with van der Waals surface area (Å²) in [4.78, 5) is 0. The van der Waals surface area contributed by atoms with Crippen LogP contribution in [0.3, 0.4) is 0 Å². The van der Waals surface area contributed by atoms with Gasteiger partial charge in [0.25, 0.3) is 6.43 Å². The van der Waals surface area contributed by atoms with Crippen molar-refractivity contribution in [2.75, 3.05) is 0 Å². The van der Waals surface area contributed by atoms with Gasteiger partial charge in [0.2, 0.25) is 0 Å². The minimum absolute atomic E-state index is 0.00559. The molecule has 18 heavy (non-hydrogen) atoms. The summed E-state index contributed by atoms with van der Waals surface area (Å²) in [5.74, 6) is -0.00559. The molecule has 2 unspecified atom stereocenters. The predicted molar refractivity (Wildman–Crippen MR) is 60.1 cm³/mol. The first-order valence-corrected chi connectivity index (χ1v) is 5.49. The smallest absolute Gasteiger partial charge is 0.387 e. The van der Waals surface area contributed by atoms with E-state index in [4.69, 9.17) is 0 Å². The Balaban J connectivity index is 2.81. The van der Waals surface area contributed by atoms with Gasteiger partial charge in [-0.15, -0.1) is 0 Å². The number of halogens is 4. The molecule has 0 heterocycles. The van der Waals surface area contributed by atoms with Crippen molar-refractivity contribution in [3.63, 3.8) is 0 Å². The Morgan fingerprint density at radius 2 is 1.67 bits per heavy atom. The lowest BCUT2D eigenvalue weighted by Crippen LogP contribution is -2.34. The highest BCUT2D eigenvalue weighted by atomic mass is 19.3. The van der Waals surface area contributed by atoms with Crippen molar-refractivity contribution in [2.24, 2.45) is 0 Å². The maximum absolute atomic E-state index is 12.4. The second-order valence-corrected chi connectivity index (χ2v) is 3.93. The number of benzene rings is 1. The van der Waals surface area contributed by atoms with E-state index in [0.717, 1.165) is 0 Å². The number of ether oxygens (including phenoxy) is 1. The van der Waals surface area contributed by atoms with Crippen LogP contribution in [0.2, 0.25) is 0 Å². The van der Waals surface area contributed by atoms with Crippen LogP contribution in [0, 0.1) is 0 Å². The lowest BCUT2D eigenvalue weighted by atomic mass is 10.1. The van der Waals surface area contributed by atoms with Gasteiger partial charge >= 0.3 is 6.61 Å². The molecule has 0 aliphatic heterocycles. The highest BCUT2D eigenvalue weighted by Crippen LogP contribution is 2.26. The first-order chi connectivity index (χ1) is 8.41. The third-order valence-corrected chi connectivity index (χ3v) is 2.49. The molecule has 0 amide bonds. The normalized spacial score (nSPS) is 14.9. The molecule has 1 rings (SSSR count). The van der Waals surface area contributed by atoms with Gasteiger partial charge in [-0.05, 0) is 19.9 Å². The monoisotopic (exact) mass is 265 g/mol. The van der Waals surface area contributed by atoms with Crippen molar-refractivity contribution in [1.29, 1.82) is 0 Å². The Hall–Kier alpha value is -1.30. The fourth-order valence-corrected chi connectivity index (χ4v) is 1.60. The van der Waals surface area contributed by atoms with Gasteiger partial charge in [-0.1, -0.05) is 18.2 Å². The zero-order valence-electron chi connectivity index (χ0n) is 10.0. The van der Waals surface area contributed by atoms with E-state index in [1.807, 2.05) is 0 Å². The molecule has 0 aliphatic carbocycles. The zero-order chi connectivity index (χ0) is 13.7. The number of para-hydroxylation sites is 1. The molecule has 0 saturated heterocycles. The van der Waals surface area contributed by atoms with Crippen molar-refractivity contribution < 1.29 is 22.3 Å². The van der Waals surface area contributed by atoms with Gasteiger partial charge in [0.1, 0.15) is 5.75 Å². The first-order valence-electron chi connectivity index (χ1n) is 5.49. The van der Waals surface area contributed by atoms with Crippen LogP contribution in [0.15, 0.2) is 24.3 Å². The minimum Gasteiger partial charge on any atom is -0.434 e. The van der Waals surface area contributed by atoms with Crippen LogP contribution in [0.25, 0.3) is 0 Å². The highest BCUT2D eigenvalue weighted by Gasteiger charge is 2.20. The van der Waals surface area contributed by atoms with Gasteiger partial charge in [0, 0.05) is 11.6 Å². The Kier molecular flexibility index (Phi) is 5.40. The summed E-state index contributed by atoms with van der Waals surface area (Å²) in [6.45, 7) is 0.00970.